The Balaban J connectivity index is 1.76. The Morgan fingerprint density at radius 1 is 0.758 bits per heavy atom. The monoisotopic (exact) mass is 486 g/mol. The smallest absolute Gasteiger partial charge is 0.337 e. The Bertz CT molecular complexity index is 650. The first-order chi connectivity index (χ1) is 15.6. The van der Waals surface area contributed by atoms with Crippen LogP contribution in [0.2, 0.25) is 0 Å². The molecular formula is C18H30O15. The van der Waals surface area contributed by atoms with Crippen LogP contribution < -0.4 is 0 Å². The summed E-state index contributed by atoms with van der Waals surface area (Å²) in [4.78, 5) is 12.1. The Labute approximate surface area is 187 Å². The van der Waals surface area contributed by atoms with Gasteiger partial charge < -0.3 is 68.9 Å². The predicted octanol–water partition coefficient (Wildman–Crippen LogP) is -5.46. The normalized spacial score (nSPS) is 48.9. The van der Waals surface area contributed by atoms with Gasteiger partial charge in [-0.3, -0.25) is 0 Å². The van der Waals surface area contributed by atoms with E-state index in [2.05, 4.69) is 4.74 Å². The molecule has 15 heteroatoms. The van der Waals surface area contributed by atoms with Crippen LogP contribution in [0.4, 0.5) is 0 Å². The van der Waals surface area contributed by atoms with Crippen LogP contribution in [0.5, 0.6) is 0 Å². The quantitative estimate of drug-likeness (QED) is 0.174. The lowest BCUT2D eigenvalue weighted by molar-refractivity contribution is -0.368. The summed E-state index contributed by atoms with van der Waals surface area (Å²) < 4.78 is 36.4. The summed E-state index contributed by atoms with van der Waals surface area (Å²) in [5.74, 6) is -0.926. The molecule has 3 aliphatic heterocycles. The number of rotatable bonds is 6. The molecule has 3 aliphatic rings. The molecule has 33 heavy (non-hydrogen) atoms. The van der Waals surface area contributed by atoms with Gasteiger partial charge in [-0.05, 0) is 0 Å². The van der Waals surface area contributed by atoms with Crippen molar-refractivity contribution in [3.8, 4) is 0 Å². The highest BCUT2D eigenvalue weighted by atomic mass is 16.8. The molecule has 0 bridgehead atoms. The molecule has 0 aromatic heterocycles. The van der Waals surface area contributed by atoms with E-state index in [0.29, 0.717) is 0 Å². The molecule has 192 valence electrons. The minimum Gasteiger partial charge on any atom is -0.467 e. The molecule has 15 nitrogen and oxygen atoms in total. The zero-order valence-corrected chi connectivity index (χ0v) is 17.8. The number of hydrogen-bond donors (Lipinski definition) is 7. The summed E-state index contributed by atoms with van der Waals surface area (Å²) in [7, 11) is 2.26. The van der Waals surface area contributed by atoms with Crippen LogP contribution in [0.25, 0.3) is 0 Å². The van der Waals surface area contributed by atoms with E-state index in [-0.39, 0.29) is 6.61 Å². The van der Waals surface area contributed by atoms with E-state index in [0.717, 1.165) is 7.11 Å². The van der Waals surface area contributed by atoms with E-state index in [1.165, 1.54) is 7.11 Å². The average Bonchev–Trinajstić information content (AvgIpc) is 2.80. The van der Waals surface area contributed by atoms with Crippen molar-refractivity contribution in [2.24, 2.45) is 0 Å². The van der Waals surface area contributed by atoms with Crippen molar-refractivity contribution in [2.75, 3.05) is 27.4 Å². The Kier molecular flexibility index (Phi) is 8.95. The van der Waals surface area contributed by atoms with Gasteiger partial charge in [0.2, 0.25) is 0 Å². The standard InChI is InChI=1S/C18H30O15/c1-27-12-9(22)11(24)17(33-14(12)16(26)28-2)32-13-7(20)5(19)3-30-18(13)31-6-4-29-15(25)10(23)8(6)21/h5-15,17-25H,3-4H2,1-2H3/t5-,6-,7+,8+,9-,10-,11-,12+,13-,14+,15-,17-,18+/m1/s1. The maximum atomic E-state index is 12.1. The highest BCUT2D eigenvalue weighted by molar-refractivity contribution is 5.75. The summed E-state index contributed by atoms with van der Waals surface area (Å²) in [5.41, 5.74) is 0. The van der Waals surface area contributed by atoms with Gasteiger partial charge in [-0.2, -0.15) is 0 Å². The average molecular weight is 486 g/mol. The molecule has 0 unspecified atom stereocenters. The Hall–Kier alpha value is -1.05. The molecule has 0 spiro atoms. The molecule has 0 aromatic rings. The first-order valence-electron chi connectivity index (χ1n) is 10.2. The van der Waals surface area contributed by atoms with Crippen LogP contribution in [0.3, 0.4) is 0 Å². The number of methoxy groups -OCH3 is 2. The number of aliphatic hydroxyl groups is 7. The zero-order chi connectivity index (χ0) is 24.4. The molecule has 7 N–H and O–H groups in total. The van der Waals surface area contributed by atoms with Crippen LogP contribution >= 0.6 is 0 Å². The van der Waals surface area contributed by atoms with Gasteiger partial charge in [0.05, 0.1) is 20.3 Å². The van der Waals surface area contributed by atoms with E-state index in [9.17, 15) is 40.5 Å². The molecule has 3 fully saturated rings. The third-order valence-electron chi connectivity index (χ3n) is 5.73. The predicted molar refractivity (Wildman–Crippen MR) is 99.0 cm³/mol. The fraction of sp³-hybridized carbons (Fsp3) is 0.944. The summed E-state index contributed by atoms with van der Waals surface area (Å²) in [6.07, 6.45) is -20.2. The minimum atomic E-state index is -1.76. The molecule has 0 amide bonds. The van der Waals surface area contributed by atoms with Crippen molar-refractivity contribution in [3.63, 3.8) is 0 Å². The molecule has 3 saturated heterocycles. The van der Waals surface area contributed by atoms with Crippen LogP contribution in [-0.4, -0.2) is 149 Å². The van der Waals surface area contributed by atoms with E-state index >= 15 is 0 Å². The largest absolute Gasteiger partial charge is 0.467 e. The van der Waals surface area contributed by atoms with Gasteiger partial charge in [0.15, 0.2) is 25.0 Å². The topological polar surface area (TPSA) is 223 Å². The second kappa shape index (κ2) is 11.1. The molecular weight excluding hydrogens is 456 g/mol. The van der Waals surface area contributed by atoms with Crippen molar-refractivity contribution >= 4 is 5.97 Å². The molecule has 0 aliphatic carbocycles. The fourth-order valence-electron chi connectivity index (χ4n) is 3.77. The number of hydrogen-bond acceptors (Lipinski definition) is 15. The van der Waals surface area contributed by atoms with Crippen LogP contribution in [0.1, 0.15) is 0 Å². The lowest BCUT2D eigenvalue weighted by Gasteiger charge is -2.45. The summed E-state index contributed by atoms with van der Waals surface area (Å²) in [5, 5.41) is 70.6. The number of carbonyl (C=O) groups excluding carboxylic acids is 1. The van der Waals surface area contributed by atoms with E-state index in [4.69, 9.17) is 28.4 Å². The van der Waals surface area contributed by atoms with Crippen LogP contribution in [-0.2, 0) is 38.0 Å². The van der Waals surface area contributed by atoms with Crippen LogP contribution in [0.15, 0.2) is 0 Å². The summed E-state index contributed by atoms with van der Waals surface area (Å²) >= 11 is 0. The van der Waals surface area contributed by atoms with Crippen LogP contribution in [0, 0.1) is 0 Å². The molecule has 3 rings (SSSR count). The zero-order valence-electron chi connectivity index (χ0n) is 17.8. The first-order valence-corrected chi connectivity index (χ1v) is 10.2. The highest BCUT2D eigenvalue weighted by Gasteiger charge is 2.52. The van der Waals surface area contributed by atoms with Crippen molar-refractivity contribution < 1.29 is 73.7 Å². The number of aliphatic hydroxyl groups excluding tert-OH is 7. The van der Waals surface area contributed by atoms with Gasteiger partial charge in [0, 0.05) is 7.11 Å². The maximum absolute atomic E-state index is 12.1. The molecule has 0 aromatic carbocycles. The minimum absolute atomic E-state index is 0.355. The van der Waals surface area contributed by atoms with E-state index in [1.807, 2.05) is 0 Å². The molecule has 0 radical (unpaired) electrons. The van der Waals surface area contributed by atoms with Crippen molar-refractivity contribution in [3.05, 3.63) is 0 Å². The molecule has 13 atom stereocenters. The fourth-order valence-corrected chi connectivity index (χ4v) is 3.77. The Morgan fingerprint density at radius 3 is 2.09 bits per heavy atom. The van der Waals surface area contributed by atoms with Gasteiger partial charge in [0.1, 0.15) is 54.9 Å². The second-order valence-electron chi connectivity index (χ2n) is 7.87. The SMILES string of the molecule is COC(=O)[C@H]1O[C@@H](O[C@H]2[C@H](O[C@@H]3CO[C@@H](O)[C@H](O)[C@H]3O)OC[C@@H](O)[C@@H]2O)[C@H](O)[C@@H](O)[C@@H]1OC. The third-order valence-corrected chi connectivity index (χ3v) is 5.73. The molecule has 3 heterocycles. The van der Waals surface area contributed by atoms with Gasteiger partial charge in [-0.1, -0.05) is 0 Å². The first kappa shape index (κ1) is 26.6. The van der Waals surface area contributed by atoms with Gasteiger partial charge in [-0.15, -0.1) is 0 Å². The molecule has 0 saturated carbocycles. The lowest BCUT2D eigenvalue weighted by Crippen LogP contribution is -2.64. The van der Waals surface area contributed by atoms with Crippen molar-refractivity contribution in [1.29, 1.82) is 0 Å². The highest BCUT2D eigenvalue weighted by Crippen LogP contribution is 2.30. The van der Waals surface area contributed by atoms with Crippen molar-refractivity contribution in [1.82, 2.24) is 0 Å². The number of ether oxygens (including phenoxy) is 7. The lowest BCUT2D eigenvalue weighted by atomic mass is 9.98. The third kappa shape index (κ3) is 5.46. The van der Waals surface area contributed by atoms with Gasteiger partial charge >= 0.3 is 5.97 Å². The summed E-state index contributed by atoms with van der Waals surface area (Å²) in [6, 6.07) is 0. The summed E-state index contributed by atoms with van der Waals surface area (Å²) in [6.45, 7) is -0.750. The van der Waals surface area contributed by atoms with E-state index in [1.54, 1.807) is 0 Å². The van der Waals surface area contributed by atoms with E-state index < -0.39 is 92.5 Å². The number of esters is 1. The maximum Gasteiger partial charge on any atom is 0.337 e. The van der Waals surface area contributed by atoms with Crippen molar-refractivity contribution in [2.45, 2.75) is 79.9 Å². The number of carbonyl (C=O) groups is 1. The second-order valence-corrected chi connectivity index (χ2v) is 7.87. The van der Waals surface area contributed by atoms with Gasteiger partial charge in [-0.25, -0.2) is 4.79 Å². The Morgan fingerprint density at radius 2 is 1.45 bits per heavy atom. The van der Waals surface area contributed by atoms with Gasteiger partial charge in [0.25, 0.3) is 0 Å².